The van der Waals surface area contributed by atoms with Crippen molar-refractivity contribution in [3.63, 3.8) is 0 Å². The molecule has 0 fully saturated rings. The smallest absolute Gasteiger partial charge is 0.290 e. The fourth-order valence-corrected chi connectivity index (χ4v) is 2.26. The van der Waals surface area contributed by atoms with Crippen LogP contribution in [-0.2, 0) is 4.74 Å². The lowest BCUT2D eigenvalue weighted by Gasteiger charge is -2.12. The van der Waals surface area contributed by atoms with Gasteiger partial charge in [0.1, 0.15) is 18.3 Å². The lowest BCUT2D eigenvalue weighted by molar-refractivity contribution is -0.385. The molecule has 0 bridgehead atoms. The van der Waals surface area contributed by atoms with Crippen LogP contribution in [0.15, 0.2) is 30.6 Å². The largest absolute Gasteiger partial charge is 0.491 e. The van der Waals surface area contributed by atoms with Crippen LogP contribution in [0.2, 0.25) is 0 Å². The molecule has 0 N–H and O–H groups in total. The van der Waals surface area contributed by atoms with Crippen LogP contribution in [0.5, 0.6) is 23.3 Å². The molecule has 0 saturated carbocycles. The predicted molar refractivity (Wildman–Crippen MR) is 94.4 cm³/mol. The summed E-state index contributed by atoms with van der Waals surface area (Å²) in [4.78, 5) is 22.1. The summed E-state index contributed by atoms with van der Waals surface area (Å²) in [6, 6.07) is 3.78. The number of aromatic nitrogens is 3. The van der Waals surface area contributed by atoms with Crippen molar-refractivity contribution in [1.29, 1.82) is 0 Å². The number of hydrogen-bond donors (Lipinski definition) is 0. The van der Waals surface area contributed by atoms with E-state index in [0.29, 0.717) is 17.9 Å². The third kappa shape index (κ3) is 4.04. The Morgan fingerprint density at radius 1 is 1.14 bits per heavy atom. The van der Waals surface area contributed by atoms with E-state index >= 15 is 0 Å². The molecule has 0 aromatic carbocycles. The normalized spacial score (nSPS) is 10.7. The summed E-state index contributed by atoms with van der Waals surface area (Å²) in [6.07, 6.45) is 2.34. The SMILES string of the molecule is COCCOc1nc2c(Oc3ncc([N+](=O)[O-])cc3F)ccnc2cc1OC. The number of ether oxygens (including phenoxy) is 4. The predicted octanol–water partition coefficient (Wildman–Crippen LogP) is 2.90. The van der Waals surface area contributed by atoms with E-state index in [1.54, 1.807) is 6.07 Å². The number of halogens is 1. The summed E-state index contributed by atoms with van der Waals surface area (Å²) in [5, 5.41) is 10.7. The van der Waals surface area contributed by atoms with Gasteiger partial charge in [0, 0.05) is 25.4 Å². The van der Waals surface area contributed by atoms with Crippen LogP contribution in [0.4, 0.5) is 10.1 Å². The minimum atomic E-state index is -0.982. The number of methoxy groups -OCH3 is 2. The van der Waals surface area contributed by atoms with E-state index in [9.17, 15) is 14.5 Å². The summed E-state index contributed by atoms with van der Waals surface area (Å²) >= 11 is 0. The average molecular weight is 390 g/mol. The maximum absolute atomic E-state index is 14.1. The number of fused-ring (bicyclic) bond motifs is 1. The van der Waals surface area contributed by atoms with Crippen LogP contribution >= 0.6 is 0 Å². The fraction of sp³-hybridized carbons (Fsp3) is 0.235. The molecule has 0 unspecified atom stereocenters. The average Bonchev–Trinajstić information content (AvgIpc) is 2.69. The van der Waals surface area contributed by atoms with Gasteiger partial charge in [0.2, 0.25) is 0 Å². The second-order valence-corrected chi connectivity index (χ2v) is 5.35. The van der Waals surface area contributed by atoms with Crippen LogP contribution in [0.3, 0.4) is 0 Å². The monoisotopic (exact) mass is 390 g/mol. The first-order valence-corrected chi connectivity index (χ1v) is 7.96. The van der Waals surface area contributed by atoms with Gasteiger partial charge in [-0.15, -0.1) is 0 Å². The van der Waals surface area contributed by atoms with Crippen LogP contribution in [0, 0.1) is 15.9 Å². The van der Waals surface area contributed by atoms with E-state index in [-0.39, 0.29) is 23.8 Å². The first-order chi connectivity index (χ1) is 13.5. The Balaban J connectivity index is 1.99. The molecule has 3 heterocycles. The van der Waals surface area contributed by atoms with Gasteiger partial charge in [-0.25, -0.2) is 14.4 Å². The Bertz CT molecular complexity index is 1020. The molecule has 0 aliphatic heterocycles. The Hall–Kier alpha value is -3.60. The van der Waals surface area contributed by atoms with Gasteiger partial charge in [-0.05, 0) is 0 Å². The maximum Gasteiger partial charge on any atom is 0.290 e. The summed E-state index contributed by atoms with van der Waals surface area (Å²) < 4.78 is 35.3. The minimum Gasteiger partial charge on any atom is -0.491 e. The lowest BCUT2D eigenvalue weighted by atomic mass is 10.3. The standard InChI is InChI=1S/C17H15FN4O6/c1-25-5-6-27-17-14(26-2)8-12-15(21-17)13(3-4-19-12)28-16-11(18)7-10(9-20-16)22(23)24/h3-4,7-9H,5-6H2,1-2H3. The number of rotatable bonds is 8. The van der Waals surface area contributed by atoms with E-state index < -0.39 is 22.3 Å². The van der Waals surface area contributed by atoms with Gasteiger partial charge in [0.05, 0.1) is 30.2 Å². The molecule has 3 aromatic rings. The molecule has 28 heavy (non-hydrogen) atoms. The van der Waals surface area contributed by atoms with Gasteiger partial charge in [0.25, 0.3) is 17.4 Å². The van der Waals surface area contributed by atoms with Gasteiger partial charge in [-0.3, -0.25) is 15.1 Å². The highest BCUT2D eigenvalue weighted by atomic mass is 19.1. The fourth-order valence-electron chi connectivity index (χ4n) is 2.26. The molecular weight excluding hydrogens is 375 g/mol. The van der Waals surface area contributed by atoms with Gasteiger partial charge in [-0.2, -0.15) is 0 Å². The lowest BCUT2D eigenvalue weighted by Crippen LogP contribution is -2.07. The molecule has 3 rings (SSSR count). The summed E-state index contributed by atoms with van der Waals surface area (Å²) in [7, 11) is 3.00. The zero-order chi connectivity index (χ0) is 20.1. The van der Waals surface area contributed by atoms with Crippen molar-refractivity contribution in [3.05, 3.63) is 46.5 Å². The molecule has 0 aliphatic carbocycles. The third-order valence-corrected chi connectivity index (χ3v) is 3.56. The molecule has 0 spiro atoms. The molecule has 146 valence electrons. The Kier molecular flexibility index (Phi) is 5.75. The van der Waals surface area contributed by atoms with Crippen LogP contribution in [0.1, 0.15) is 0 Å². The number of nitro groups is 1. The zero-order valence-corrected chi connectivity index (χ0v) is 14.9. The molecular formula is C17H15FN4O6. The van der Waals surface area contributed by atoms with E-state index in [1.807, 2.05) is 0 Å². The highest BCUT2D eigenvalue weighted by molar-refractivity contribution is 5.83. The van der Waals surface area contributed by atoms with Crippen molar-refractivity contribution in [2.45, 2.75) is 0 Å². The van der Waals surface area contributed by atoms with Gasteiger partial charge >= 0.3 is 0 Å². The van der Waals surface area contributed by atoms with Crippen LogP contribution in [-0.4, -0.2) is 47.3 Å². The molecule has 0 radical (unpaired) electrons. The van der Waals surface area contributed by atoms with E-state index in [1.165, 1.54) is 26.5 Å². The Morgan fingerprint density at radius 2 is 1.96 bits per heavy atom. The van der Waals surface area contributed by atoms with Gasteiger partial charge < -0.3 is 18.9 Å². The third-order valence-electron chi connectivity index (χ3n) is 3.56. The zero-order valence-electron chi connectivity index (χ0n) is 14.9. The van der Waals surface area contributed by atoms with Gasteiger partial charge in [-0.1, -0.05) is 0 Å². The highest BCUT2D eigenvalue weighted by Gasteiger charge is 2.17. The van der Waals surface area contributed by atoms with Gasteiger partial charge in [0.15, 0.2) is 17.3 Å². The molecule has 0 saturated heterocycles. The van der Waals surface area contributed by atoms with E-state index in [0.717, 1.165) is 12.3 Å². The molecule has 0 aliphatic rings. The summed E-state index contributed by atoms with van der Waals surface area (Å²) in [5.74, 6) is -0.735. The molecule has 0 atom stereocenters. The first-order valence-electron chi connectivity index (χ1n) is 7.96. The molecule has 11 heteroatoms. The Labute approximate surface area is 158 Å². The number of hydrogen-bond acceptors (Lipinski definition) is 9. The van der Waals surface area contributed by atoms with Crippen molar-refractivity contribution in [2.24, 2.45) is 0 Å². The minimum absolute atomic E-state index is 0.143. The maximum atomic E-state index is 14.1. The molecule has 0 amide bonds. The summed E-state index contributed by atoms with van der Waals surface area (Å²) in [5.41, 5.74) is 0.201. The van der Waals surface area contributed by atoms with Crippen molar-refractivity contribution in [2.75, 3.05) is 27.4 Å². The second kappa shape index (κ2) is 8.39. The second-order valence-electron chi connectivity index (χ2n) is 5.35. The van der Waals surface area contributed by atoms with Crippen molar-refractivity contribution < 1.29 is 28.3 Å². The number of pyridine rings is 3. The van der Waals surface area contributed by atoms with Crippen molar-refractivity contribution in [1.82, 2.24) is 15.0 Å². The highest BCUT2D eigenvalue weighted by Crippen LogP contribution is 2.34. The van der Waals surface area contributed by atoms with Crippen molar-refractivity contribution in [3.8, 4) is 23.3 Å². The molecule has 3 aromatic heterocycles. The number of nitrogens with zero attached hydrogens (tertiary/aromatic N) is 4. The molecule has 10 nitrogen and oxygen atoms in total. The van der Waals surface area contributed by atoms with E-state index in [4.69, 9.17) is 18.9 Å². The van der Waals surface area contributed by atoms with Crippen LogP contribution < -0.4 is 14.2 Å². The topological polar surface area (TPSA) is 119 Å². The quantitative estimate of drug-likeness (QED) is 0.325. The van der Waals surface area contributed by atoms with E-state index in [2.05, 4.69) is 15.0 Å². The van der Waals surface area contributed by atoms with Crippen LogP contribution in [0.25, 0.3) is 11.0 Å². The first kappa shape index (κ1) is 19.2. The Morgan fingerprint density at radius 3 is 2.64 bits per heavy atom. The summed E-state index contributed by atoms with van der Waals surface area (Å²) in [6.45, 7) is 0.581. The van der Waals surface area contributed by atoms with Crippen molar-refractivity contribution >= 4 is 16.7 Å².